The molecule has 1 heterocycles. The van der Waals surface area contributed by atoms with Crippen molar-refractivity contribution in [1.82, 2.24) is 15.5 Å². The van der Waals surface area contributed by atoms with Crippen LogP contribution < -0.4 is 5.32 Å². The number of aromatic amines is 1. The molecule has 0 aliphatic heterocycles. The number of amides is 1. The fraction of sp³-hybridized carbons (Fsp3) is 0.217. The Kier molecular flexibility index (Phi) is 6.94. The lowest BCUT2D eigenvalue weighted by Crippen LogP contribution is -2.40. The van der Waals surface area contributed by atoms with E-state index in [9.17, 15) is 19.5 Å². The zero-order chi connectivity index (χ0) is 22.4. The summed E-state index contributed by atoms with van der Waals surface area (Å²) in [5.41, 5.74) is 3.19. The summed E-state index contributed by atoms with van der Waals surface area (Å²) in [6, 6.07) is 18.2. The number of hydrogen-bond acceptors (Lipinski definition) is 5. The SMILES string of the molecule is CC(=O)c1cc(C(=O)NC(Cc2ccc(-c3ccccc3)cc2)CC(O)C(=O)O)[nH]n1. The van der Waals surface area contributed by atoms with E-state index in [4.69, 9.17) is 5.11 Å². The summed E-state index contributed by atoms with van der Waals surface area (Å²) in [7, 11) is 0. The average molecular weight is 421 g/mol. The van der Waals surface area contributed by atoms with Crippen molar-refractivity contribution in [3.63, 3.8) is 0 Å². The third kappa shape index (κ3) is 5.86. The molecule has 8 heteroatoms. The molecule has 0 aliphatic carbocycles. The van der Waals surface area contributed by atoms with Crippen molar-refractivity contribution < 1.29 is 24.6 Å². The second kappa shape index (κ2) is 9.82. The number of aliphatic carboxylic acids is 1. The summed E-state index contributed by atoms with van der Waals surface area (Å²) in [5, 5.41) is 27.9. The summed E-state index contributed by atoms with van der Waals surface area (Å²) in [6.07, 6.45) is -1.47. The number of rotatable bonds is 9. The molecule has 0 fully saturated rings. The van der Waals surface area contributed by atoms with E-state index in [1.807, 2.05) is 54.6 Å². The molecule has 0 spiro atoms. The van der Waals surface area contributed by atoms with Crippen molar-refractivity contribution in [3.05, 3.63) is 77.6 Å². The Bertz CT molecular complexity index is 1060. The minimum absolute atomic E-state index is 0.0828. The van der Waals surface area contributed by atoms with Crippen LogP contribution in [-0.4, -0.2) is 50.2 Å². The van der Waals surface area contributed by atoms with Gasteiger partial charge >= 0.3 is 5.97 Å². The highest BCUT2D eigenvalue weighted by Crippen LogP contribution is 2.20. The second-order valence-corrected chi connectivity index (χ2v) is 7.25. The van der Waals surface area contributed by atoms with Crippen molar-refractivity contribution >= 4 is 17.7 Å². The summed E-state index contributed by atoms with van der Waals surface area (Å²) < 4.78 is 0. The number of aliphatic hydroxyl groups excluding tert-OH is 1. The van der Waals surface area contributed by atoms with Crippen molar-refractivity contribution in [2.75, 3.05) is 0 Å². The van der Waals surface area contributed by atoms with Crippen molar-refractivity contribution in [2.24, 2.45) is 0 Å². The van der Waals surface area contributed by atoms with E-state index >= 15 is 0 Å². The van der Waals surface area contributed by atoms with E-state index in [2.05, 4.69) is 15.5 Å². The number of ketones is 1. The lowest BCUT2D eigenvalue weighted by atomic mass is 9.97. The summed E-state index contributed by atoms with van der Waals surface area (Å²) in [4.78, 5) is 35.0. The van der Waals surface area contributed by atoms with E-state index < -0.39 is 24.0 Å². The van der Waals surface area contributed by atoms with Crippen LogP contribution in [0.1, 0.15) is 39.9 Å². The first-order valence-electron chi connectivity index (χ1n) is 9.76. The molecule has 31 heavy (non-hydrogen) atoms. The van der Waals surface area contributed by atoms with Gasteiger partial charge in [0.15, 0.2) is 11.9 Å². The quantitative estimate of drug-likeness (QED) is 0.392. The lowest BCUT2D eigenvalue weighted by Gasteiger charge is -2.20. The number of nitrogens with one attached hydrogen (secondary N) is 2. The van der Waals surface area contributed by atoms with Crippen LogP contribution in [-0.2, 0) is 11.2 Å². The maximum Gasteiger partial charge on any atom is 0.332 e. The average Bonchev–Trinajstić information content (AvgIpc) is 3.25. The number of hydrogen-bond donors (Lipinski definition) is 4. The van der Waals surface area contributed by atoms with Gasteiger partial charge in [0, 0.05) is 19.4 Å². The first kappa shape index (κ1) is 21.9. The highest BCUT2D eigenvalue weighted by atomic mass is 16.4. The lowest BCUT2D eigenvalue weighted by molar-refractivity contribution is -0.147. The summed E-state index contributed by atoms with van der Waals surface area (Å²) in [5.74, 6) is -2.19. The number of aliphatic hydroxyl groups is 1. The number of aromatic nitrogens is 2. The molecule has 0 radical (unpaired) electrons. The predicted octanol–water partition coefficient (Wildman–Crippen LogP) is 2.46. The van der Waals surface area contributed by atoms with Gasteiger partial charge < -0.3 is 15.5 Å². The molecule has 1 aromatic heterocycles. The van der Waals surface area contributed by atoms with Gasteiger partial charge in [-0.25, -0.2) is 4.79 Å². The minimum Gasteiger partial charge on any atom is -0.479 e. The number of H-pyrrole nitrogens is 1. The first-order valence-corrected chi connectivity index (χ1v) is 9.76. The Morgan fingerprint density at radius 2 is 1.68 bits per heavy atom. The maximum absolute atomic E-state index is 12.5. The number of carboxylic acids is 1. The van der Waals surface area contributed by atoms with E-state index in [1.54, 1.807) is 0 Å². The molecular formula is C23H23N3O5. The first-order chi connectivity index (χ1) is 14.8. The number of Topliss-reactive ketones (excluding diaryl/α,β-unsaturated/α-hetero) is 1. The Hall–Kier alpha value is -3.78. The molecule has 0 aliphatic rings. The number of carbonyl (C=O) groups is 3. The van der Waals surface area contributed by atoms with Crippen molar-refractivity contribution in [2.45, 2.75) is 31.9 Å². The van der Waals surface area contributed by atoms with Gasteiger partial charge in [-0.3, -0.25) is 14.7 Å². The molecule has 0 bridgehead atoms. The monoisotopic (exact) mass is 421 g/mol. The van der Waals surface area contributed by atoms with Gasteiger partial charge in [-0.2, -0.15) is 5.10 Å². The molecule has 1 amide bonds. The van der Waals surface area contributed by atoms with Gasteiger partial charge in [-0.1, -0.05) is 54.6 Å². The highest BCUT2D eigenvalue weighted by molar-refractivity contribution is 5.97. The van der Waals surface area contributed by atoms with Crippen LogP contribution >= 0.6 is 0 Å². The fourth-order valence-electron chi connectivity index (χ4n) is 3.19. The number of nitrogens with zero attached hydrogens (tertiary/aromatic N) is 1. The maximum atomic E-state index is 12.5. The van der Waals surface area contributed by atoms with Crippen LogP contribution in [0.25, 0.3) is 11.1 Å². The molecule has 2 aromatic carbocycles. The molecule has 160 valence electrons. The molecule has 4 N–H and O–H groups in total. The van der Waals surface area contributed by atoms with E-state index in [1.165, 1.54) is 13.0 Å². The minimum atomic E-state index is -1.62. The molecule has 3 rings (SSSR count). The second-order valence-electron chi connectivity index (χ2n) is 7.25. The number of benzene rings is 2. The highest BCUT2D eigenvalue weighted by Gasteiger charge is 2.23. The third-order valence-electron chi connectivity index (χ3n) is 4.85. The largest absolute Gasteiger partial charge is 0.479 e. The van der Waals surface area contributed by atoms with Crippen molar-refractivity contribution in [1.29, 1.82) is 0 Å². The van der Waals surface area contributed by atoms with Gasteiger partial charge in [0.05, 0.1) is 0 Å². The predicted molar refractivity (Wildman–Crippen MR) is 114 cm³/mol. The summed E-state index contributed by atoms with van der Waals surface area (Å²) in [6.45, 7) is 1.34. The Morgan fingerprint density at radius 1 is 1.03 bits per heavy atom. The molecule has 0 saturated carbocycles. The van der Waals surface area contributed by atoms with Gasteiger partial charge in [0.1, 0.15) is 11.4 Å². The van der Waals surface area contributed by atoms with E-state index in [0.29, 0.717) is 6.42 Å². The van der Waals surface area contributed by atoms with Crippen LogP contribution in [0.4, 0.5) is 0 Å². The van der Waals surface area contributed by atoms with Crippen LogP contribution in [0.2, 0.25) is 0 Å². The van der Waals surface area contributed by atoms with Crippen LogP contribution in [0.5, 0.6) is 0 Å². The van der Waals surface area contributed by atoms with Crippen LogP contribution in [0, 0.1) is 0 Å². The van der Waals surface area contributed by atoms with Crippen LogP contribution in [0.15, 0.2) is 60.7 Å². The fourth-order valence-corrected chi connectivity index (χ4v) is 3.19. The van der Waals surface area contributed by atoms with Crippen LogP contribution in [0.3, 0.4) is 0 Å². The van der Waals surface area contributed by atoms with Gasteiger partial charge in [-0.05, 0) is 29.2 Å². The molecule has 2 atom stereocenters. The normalized spacial score (nSPS) is 12.7. The van der Waals surface area contributed by atoms with E-state index in [-0.39, 0.29) is 23.6 Å². The molecule has 0 saturated heterocycles. The standard InChI is InChI=1S/C23H23N3O5/c1-14(27)19-13-20(26-25-19)22(29)24-18(12-21(28)23(30)31)11-15-7-9-17(10-8-15)16-5-3-2-4-6-16/h2-10,13,18,21,28H,11-12H2,1H3,(H,24,29)(H,25,26)(H,30,31). The Morgan fingerprint density at radius 3 is 2.26 bits per heavy atom. The molecule has 8 nitrogen and oxygen atoms in total. The Balaban J connectivity index is 1.74. The van der Waals surface area contributed by atoms with Gasteiger partial charge in [0.25, 0.3) is 5.91 Å². The molecule has 3 aromatic rings. The topological polar surface area (TPSA) is 132 Å². The van der Waals surface area contributed by atoms with Gasteiger partial charge in [0.2, 0.25) is 0 Å². The number of carboxylic acid groups (broad SMARTS) is 1. The van der Waals surface area contributed by atoms with Gasteiger partial charge in [-0.15, -0.1) is 0 Å². The summed E-state index contributed by atoms with van der Waals surface area (Å²) >= 11 is 0. The van der Waals surface area contributed by atoms with Crippen molar-refractivity contribution in [3.8, 4) is 11.1 Å². The Labute approximate surface area is 178 Å². The van der Waals surface area contributed by atoms with E-state index in [0.717, 1.165) is 16.7 Å². The molecular weight excluding hydrogens is 398 g/mol. The zero-order valence-corrected chi connectivity index (χ0v) is 16.9. The smallest absolute Gasteiger partial charge is 0.332 e. The number of carbonyl (C=O) groups excluding carboxylic acids is 2. The zero-order valence-electron chi connectivity index (χ0n) is 16.9. The third-order valence-corrected chi connectivity index (χ3v) is 4.85. The molecule has 2 unspecified atom stereocenters.